The third-order valence-electron chi connectivity index (χ3n) is 0.955. The molecule has 4 heteroatoms. The Morgan fingerprint density at radius 2 is 2.00 bits per heavy atom. The highest BCUT2D eigenvalue weighted by Gasteiger charge is 1.90. The zero-order valence-electron chi connectivity index (χ0n) is 5.58. The molecule has 0 bridgehead atoms. The van der Waals surface area contributed by atoms with Gasteiger partial charge in [0.25, 0.3) is 0 Å². The molecule has 0 aromatic rings. The van der Waals surface area contributed by atoms with Gasteiger partial charge in [-0.05, 0) is 6.42 Å². The highest BCUT2D eigenvalue weighted by atomic mass is 32.3. The molecule has 0 heterocycles. The first-order valence-electron chi connectivity index (χ1n) is 3.08. The first kappa shape index (κ1) is 10.0. The Hall–Kier alpha value is 1.01. The fourth-order valence-electron chi connectivity index (χ4n) is 0.498. The van der Waals surface area contributed by atoms with Crippen molar-refractivity contribution in [2.24, 2.45) is 0 Å². The molecule has 0 aliphatic carbocycles. The fraction of sp³-hybridized carbons (Fsp3) is 1.00. The van der Waals surface area contributed by atoms with Gasteiger partial charge < -0.3 is 0 Å². The standard InChI is InChI=1S/C5H13NS3/c1-2-3-4-5-9-6(7)8/h7-8H,2-5H2,1H3. The summed E-state index contributed by atoms with van der Waals surface area (Å²) in [6.45, 7) is 2.20. The van der Waals surface area contributed by atoms with Crippen molar-refractivity contribution >= 4 is 37.6 Å². The Bertz CT molecular complexity index is 58.2. The van der Waals surface area contributed by atoms with Gasteiger partial charge in [-0.25, -0.2) is 0 Å². The summed E-state index contributed by atoms with van der Waals surface area (Å²) in [7, 11) is 0. The van der Waals surface area contributed by atoms with Crippen molar-refractivity contribution in [3.63, 3.8) is 0 Å². The van der Waals surface area contributed by atoms with E-state index in [4.69, 9.17) is 0 Å². The van der Waals surface area contributed by atoms with Crippen molar-refractivity contribution in [1.82, 2.24) is 3.12 Å². The van der Waals surface area contributed by atoms with Gasteiger partial charge in [-0.2, -0.15) is 0 Å². The minimum atomic E-state index is 1.13. The van der Waals surface area contributed by atoms with Crippen molar-refractivity contribution in [2.75, 3.05) is 5.75 Å². The summed E-state index contributed by atoms with van der Waals surface area (Å²) < 4.78 is 1.55. The molecular formula is C5H13NS3. The zero-order valence-corrected chi connectivity index (χ0v) is 8.18. The average Bonchev–Trinajstić information content (AvgIpc) is 1.80. The van der Waals surface area contributed by atoms with Crippen molar-refractivity contribution in [1.29, 1.82) is 0 Å². The van der Waals surface area contributed by atoms with E-state index in [-0.39, 0.29) is 0 Å². The van der Waals surface area contributed by atoms with Crippen LogP contribution in [0, 0.1) is 0 Å². The zero-order chi connectivity index (χ0) is 7.11. The molecule has 0 fully saturated rings. The normalized spacial score (nSPS) is 10.7. The van der Waals surface area contributed by atoms with Crippen LogP contribution in [0.5, 0.6) is 0 Å². The topological polar surface area (TPSA) is 3.24 Å². The second-order valence-electron chi connectivity index (χ2n) is 1.79. The third-order valence-corrected chi connectivity index (χ3v) is 2.35. The van der Waals surface area contributed by atoms with Crippen molar-refractivity contribution in [2.45, 2.75) is 26.2 Å². The number of hydrogen-bond acceptors (Lipinski definition) is 4. The second kappa shape index (κ2) is 7.12. The number of unbranched alkanes of at least 4 members (excludes halogenated alkanes) is 2. The molecule has 0 radical (unpaired) electrons. The van der Waals surface area contributed by atoms with Crippen LogP contribution >= 0.6 is 37.6 Å². The average molecular weight is 183 g/mol. The lowest BCUT2D eigenvalue weighted by molar-refractivity contribution is 0.777. The largest absolute Gasteiger partial charge is 0.144 e. The Labute approximate surface area is 72.8 Å². The Kier molecular flexibility index (Phi) is 7.92. The van der Waals surface area contributed by atoms with E-state index in [9.17, 15) is 0 Å². The minimum absolute atomic E-state index is 1.13. The molecule has 0 unspecified atom stereocenters. The van der Waals surface area contributed by atoms with Crippen LogP contribution in [0.1, 0.15) is 26.2 Å². The summed E-state index contributed by atoms with van der Waals surface area (Å²) in [4.78, 5) is 0. The Morgan fingerprint density at radius 1 is 1.33 bits per heavy atom. The molecule has 1 nitrogen and oxygen atoms in total. The molecule has 0 saturated heterocycles. The lowest BCUT2D eigenvalue weighted by Gasteiger charge is -2.03. The smallest absolute Gasteiger partial charge is 0.00981 e. The van der Waals surface area contributed by atoms with Crippen LogP contribution in [-0.2, 0) is 0 Å². The monoisotopic (exact) mass is 183 g/mol. The number of hydrogen-bond donors (Lipinski definition) is 2. The number of rotatable bonds is 5. The first-order chi connectivity index (χ1) is 4.27. The molecule has 0 aliphatic rings. The van der Waals surface area contributed by atoms with E-state index >= 15 is 0 Å². The van der Waals surface area contributed by atoms with Crippen LogP contribution in [0.25, 0.3) is 0 Å². The van der Waals surface area contributed by atoms with E-state index in [2.05, 4.69) is 32.6 Å². The minimum Gasteiger partial charge on any atom is -0.144 e. The SMILES string of the molecule is CCCCCSN(S)S. The van der Waals surface area contributed by atoms with E-state index < -0.39 is 0 Å². The van der Waals surface area contributed by atoms with Crippen molar-refractivity contribution in [3.8, 4) is 0 Å². The quantitative estimate of drug-likeness (QED) is 0.383. The van der Waals surface area contributed by atoms with Crippen molar-refractivity contribution in [3.05, 3.63) is 0 Å². The summed E-state index contributed by atoms with van der Waals surface area (Å²) in [5, 5.41) is 0. The second-order valence-corrected chi connectivity index (χ2v) is 4.48. The first-order valence-corrected chi connectivity index (χ1v) is 4.82. The van der Waals surface area contributed by atoms with E-state index in [1.54, 1.807) is 15.1 Å². The highest BCUT2D eigenvalue weighted by molar-refractivity contribution is 8.15. The molecule has 0 rings (SSSR count). The molecule has 0 spiro atoms. The lowest BCUT2D eigenvalue weighted by atomic mass is 10.3. The Morgan fingerprint density at radius 3 is 2.44 bits per heavy atom. The fourth-order valence-corrected chi connectivity index (χ4v) is 1.48. The maximum absolute atomic E-state index is 3.96. The number of nitrogens with zero attached hydrogens (tertiary/aromatic N) is 1. The molecular weight excluding hydrogens is 170 g/mol. The Balaban J connectivity index is 2.75. The molecule has 0 saturated carbocycles. The maximum Gasteiger partial charge on any atom is 0.00981 e. The molecule has 0 aromatic carbocycles. The molecule has 56 valence electrons. The molecule has 0 aromatic heterocycles. The molecule has 0 N–H and O–H groups in total. The van der Waals surface area contributed by atoms with Crippen molar-refractivity contribution < 1.29 is 0 Å². The van der Waals surface area contributed by atoms with Gasteiger partial charge in [0.05, 0.1) is 0 Å². The summed E-state index contributed by atoms with van der Waals surface area (Å²) in [6.07, 6.45) is 3.85. The van der Waals surface area contributed by atoms with Crippen LogP contribution in [0.3, 0.4) is 0 Å². The summed E-state index contributed by atoms with van der Waals surface area (Å²) >= 11 is 9.55. The molecule has 0 aliphatic heterocycles. The lowest BCUT2D eigenvalue weighted by Crippen LogP contribution is -1.86. The van der Waals surface area contributed by atoms with Gasteiger partial charge in [-0.15, -0.1) is 3.12 Å². The van der Waals surface area contributed by atoms with Crippen LogP contribution in [0.4, 0.5) is 0 Å². The van der Waals surface area contributed by atoms with E-state index in [0.29, 0.717) is 0 Å². The summed E-state index contributed by atoms with van der Waals surface area (Å²) in [6, 6.07) is 0. The van der Waals surface area contributed by atoms with Gasteiger partial charge in [0.2, 0.25) is 0 Å². The van der Waals surface area contributed by atoms with Gasteiger partial charge in [0.1, 0.15) is 0 Å². The molecule has 0 atom stereocenters. The van der Waals surface area contributed by atoms with Gasteiger partial charge in [0.15, 0.2) is 0 Å². The van der Waals surface area contributed by atoms with Gasteiger partial charge in [0, 0.05) is 5.75 Å². The molecule has 9 heavy (non-hydrogen) atoms. The predicted octanol–water partition coefficient (Wildman–Crippen LogP) is 2.82. The highest BCUT2D eigenvalue weighted by Crippen LogP contribution is 2.16. The van der Waals surface area contributed by atoms with Crippen LogP contribution in [0.2, 0.25) is 0 Å². The predicted molar refractivity (Wildman–Crippen MR) is 51.8 cm³/mol. The number of thiol groups is 2. The van der Waals surface area contributed by atoms with Gasteiger partial charge in [-0.1, -0.05) is 57.3 Å². The molecule has 0 amide bonds. The maximum atomic E-state index is 3.96. The van der Waals surface area contributed by atoms with E-state index in [0.717, 1.165) is 5.75 Å². The van der Waals surface area contributed by atoms with E-state index in [1.807, 2.05) is 0 Å². The third kappa shape index (κ3) is 9.01. The van der Waals surface area contributed by atoms with Crippen LogP contribution in [0.15, 0.2) is 0 Å². The van der Waals surface area contributed by atoms with Gasteiger partial charge in [-0.3, -0.25) is 0 Å². The van der Waals surface area contributed by atoms with Crippen LogP contribution in [-0.4, -0.2) is 8.87 Å². The van der Waals surface area contributed by atoms with Gasteiger partial charge >= 0.3 is 0 Å². The summed E-state index contributed by atoms with van der Waals surface area (Å²) in [5.41, 5.74) is 0. The van der Waals surface area contributed by atoms with E-state index in [1.165, 1.54) is 19.3 Å². The van der Waals surface area contributed by atoms with Crippen LogP contribution < -0.4 is 0 Å². The summed E-state index contributed by atoms with van der Waals surface area (Å²) in [5.74, 6) is 1.13.